The lowest BCUT2D eigenvalue weighted by atomic mass is 9.99. The maximum atomic E-state index is 12.6. The quantitative estimate of drug-likeness (QED) is 0.486. The summed E-state index contributed by atoms with van der Waals surface area (Å²) < 4.78 is 5.17. The van der Waals surface area contributed by atoms with Crippen LogP contribution in [-0.2, 0) is 16.1 Å². The van der Waals surface area contributed by atoms with Gasteiger partial charge >= 0.3 is 12.1 Å². The fraction of sp³-hybridized carbons (Fsp3) is 0.550. The fourth-order valence-electron chi connectivity index (χ4n) is 3.06. The molecule has 1 aliphatic rings. The predicted octanol–water partition coefficient (Wildman–Crippen LogP) is 1.38. The summed E-state index contributed by atoms with van der Waals surface area (Å²) in [5, 5.41) is 16.2. The Kier molecular flexibility index (Phi) is 8.72. The lowest BCUT2D eigenvalue weighted by Gasteiger charge is -2.27. The van der Waals surface area contributed by atoms with Crippen LogP contribution in [0.3, 0.4) is 0 Å². The molecule has 0 saturated carbocycles. The summed E-state index contributed by atoms with van der Waals surface area (Å²) in [5.74, 6) is -0.225. The van der Waals surface area contributed by atoms with E-state index in [1.165, 1.54) is 0 Å². The second kappa shape index (κ2) is 11.3. The van der Waals surface area contributed by atoms with Crippen LogP contribution in [0.5, 0.6) is 0 Å². The van der Waals surface area contributed by atoms with Crippen molar-refractivity contribution in [1.82, 2.24) is 21.1 Å². The molecule has 1 fully saturated rings. The highest BCUT2D eigenvalue weighted by molar-refractivity contribution is 5.81. The molecule has 9 heteroatoms. The molecule has 0 aromatic heterocycles. The van der Waals surface area contributed by atoms with E-state index in [9.17, 15) is 19.5 Å². The van der Waals surface area contributed by atoms with Crippen LogP contribution in [0.4, 0.5) is 9.59 Å². The minimum Gasteiger partial charge on any atom is -0.443 e. The summed E-state index contributed by atoms with van der Waals surface area (Å²) in [6.45, 7) is 4.45. The third kappa shape index (κ3) is 7.61. The van der Waals surface area contributed by atoms with Gasteiger partial charge in [0.15, 0.2) is 0 Å². The monoisotopic (exact) mass is 406 g/mol. The number of hydrazine groups is 1. The molecule has 160 valence electrons. The molecule has 9 nitrogen and oxygen atoms in total. The fourth-order valence-corrected chi connectivity index (χ4v) is 3.06. The molecule has 1 saturated heterocycles. The van der Waals surface area contributed by atoms with E-state index >= 15 is 0 Å². The van der Waals surface area contributed by atoms with E-state index in [0.29, 0.717) is 19.4 Å². The normalized spacial score (nSPS) is 16.8. The molecule has 1 aromatic rings. The first-order chi connectivity index (χ1) is 13.9. The molecule has 29 heavy (non-hydrogen) atoms. The number of hydrogen-bond acceptors (Lipinski definition) is 5. The second-order valence-corrected chi connectivity index (χ2v) is 7.52. The Hall–Kier alpha value is -2.81. The largest absolute Gasteiger partial charge is 0.443 e. The molecule has 2 atom stereocenters. The summed E-state index contributed by atoms with van der Waals surface area (Å²) in [5.41, 5.74) is 3.28. The Labute approximate surface area is 170 Å². The lowest BCUT2D eigenvalue weighted by Crippen LogP contribution is -2.55. The number of carbonyl (C=O) groups excluding carboxylic acids is 3. The van der Waals surface area contributed by atoms with Gasteiger partial charge in [0.1, 0.15) is 6.61 Å². The summed E-state index contributed by atoms with van der Waals surface area (Å²) in [4.78, 5) is 36.5. The molecule has 1 aliphatic heterocycles. The Bertz CT molecular complexity index is 683. The van der Waals surface area contributed by atoms with Crippen molar-refractivity contribution < 1.29 is 24.2 Å². The lowest BCUT2D eigenvalue weighted by molar-refractivity contribution is -0.122. The average Bonchev–Trinajstić information content (AvgIpc) is 3.10. The zero-order chi connectivity index (χ0) is 21.2. The second-order valence-electron chi connectivity index (χ2n) is 7.52. The predicted molar refractivity (Wildman–Crippen MR) is 106 cm³/mol. The van der Waals surface area contributed by atoms with Gasteiger partial charge in [-0.05, 0) is 24.3 Å². The first kappa shape index (κ1) is 22.5. The average molecular weight is 406 g/mol. The number of ether oxygens (including phenoxy) is 1. The van der Waals surface area contributed by atoms with Crippen molar-refractivity contribution in [1.29, 1.82) is 0 Å². The van der Waals surface area contributed by atoms with Crippen molar-refractivity contribution in [3.63, 3.8) is 0 Å². The molecule has 0 radical (unpaired) electrons. The Morgan fingerprint density at radius 2 is 2.03 bits per heavy atom. The topological polar surface area (TPSA) is 120 Å². The number of benzene rings is 1. The van der Waals surface area contributed by atoms with E-state index < -0.39 is 18.2 Å². The summed E-state index contributed by atoms with van der Waals surface area (Å²) in [7, 11) is 0. The molecule has 2 rings (SSSR count). The van der Waals surface area contributed by atoms with Gasteiger partial charge in [-0.1, -0.05) is 44.2 Å². The van der Waals surface area contributed by atoms with Crippen molar-refractivity contribution in [2.75, 3.05) is 19.7 Å². The highest BCUT2D eigenvalue weighted by Crippen LogP contribution is 2.16. The van der Waals surface area contributed by atoms with Gasteiger partial charge in [0, 0.05) is 19.0 Å². The van der Waals surface area contributed by atoms with E-state index in [2.05, 4.69) is 16.1 Å². The number of aliphatic hydroxyl groups is 1. The Balaban J connectivity index is 1.89. The van der Waals surface area contributed by atoms with Crippen molar-refractivity contribution in [2.45, 2.75) is 39.3 Å². The van der Waals surface area contributed by atoms with Gasteiger partial charge in [0.2, 0.25) is 5.91 Å². The summed E-state index contributed by atoms with van der Waals surface area (Å²) >= 11 is 0. The van der Waals surface area contributed by atoms with Crippen molar-refractivity contribution in [3.8, 4) is 0 Å². The number of aliphatic hydroxyl groups excluding tert-OH is 1. The molecular weight excluding hydrogens is 376 g/mol. The van der Waals surface area contributed by atoms with E-state index in [0.717, 1.165) is 10.6 Å². The third-order valence-electron chi connectivity index (χ3n) is 4.51. The maximum Gasteiger partial charge on any atom is 0.426 e. The van der Waals surface area contributed by atoms with Crippen LogP contribution in [-0.4, -0.2) is 53.9 Å². The van der Waals surface area contributed by atoms with Gasteiger partial charge in [-0.15, -0.1) is 0 Å². The van der Waals surface area contributed by atoms with E-state index in [1.54, 1.807) is 0 Å². The van der Waals surface area contributed by atoms with E-state index in [1.807, 2.05) is 44.2 Å². The number of nitrogens with one attached hydrogen (secondary N) is 3. The van der Waals surface area contributed by atoms with Crippen LogP contribution in [0.2, 0.25) is 0 Å². The zero-order valence-corrected chi connectivity index (χ0v) is 16.9. The van der Waals surface area contributed by atoms with Gasteiger partial charge in [0.05, 0.1) is 12.6 Å². The summed E-state index contributed by atoms with van der Waals surface area (Å²) in [6, 6.07) is 8.06. The SMILES string of the molecule is CC(C)CN(NC(=O)OCc1ccccc1)C(=O)NC(CO)C[C@@H]1CCNC1=O. The van der Waals surface area contributed by atoms with Gasteiger partial charge in [-0.2, -0.15) is 0 Å². The van der Waals surface area contributed by atoms with Gasteiger partial charge < -0.3 is 20.5 Å². The molecule has 4 N–H and O–H groups in total. The van der Waals surface area contributed by atoms with Crippen molar-refractivity contribution in [2.24, 2.45) is 11.8 Å². The third-order valence-corrected chi connectivity index (χ3v) is 4.51. The van der Waals surface area contributed by atoms with Gasteiger partial charge in [-0.25, -0.2) is 20.0 Å². The number of carbonyl (C=O) groups is 3. The number of amides is 4. The minimum atomic E-state index is -0.750. The minimum absolute atomic E-state index is 0.0700. The smallest absolute Gasteiger partial charge is 0.426 e. The molecule has 1 heterocycles. The van der Waals surface area contributed by atoms with Crippen LogP contribution in [0.25, 0.3) is 0 Å². The van der Waals surface area contributed by atoms with Crippen LogP contribution in [0.1, 0.15) is 32.3 Å². The number of hydrogen-bond donors (Lipinski definition) is 4. The standard InChI is InChI=1S/C20H30N4O5/c1-14(2)11-24(23-20(28)29-13-15-6-4-3-5-7-15)19(27)22-17(12-25)10-16-8-9-21-18(16)26/h3-7,14,16-17,25H,8-13H2,1-2H3,(H,21,26)(H,22,27)(H,23,28)/t16-,17?/m0/s1. The van der Waals surface area contributed by atoms with Crippen molar-refractivity contribution >= 4 is 18.0 Å². The number of nitrogens with zero attached hydrogens (tertiary/aromatic N) is 1. The molecule has 0 spiro atoms. The van der Waals surface area contributed by atoms with Crippen LogP contribution in [0, 0.1) is 11.8 Å². The van der Waals surface area contributed by atoms with Crippen LogP contribution in [0.15, 0.2) is 30.3 Å². The Morgan fingerprint density at radius 1 is 1.31 bits per heavy atom. The van der Waals surface area contributed by atoms with Crippen LogP contribution < -0.4 is 16.1 Å². The van der Waals surface area contributed by atoms with Gasteiger partial charge in [0.25, 0.3) is 0 Å². The first-order valence-electron chi connectivity index (χ1n) is 9.83. The van der Waals surface area contributed by atoms with E-state index in [4.69, 9.17) is 4.74 Å². The highest BCUT2D eigenvalue weighted by atomic mass is 16.6. The van der Waals surface area contributed by atoms with Crippen LogP contribution >= 0.6 is 0 Å². The zero-order valence-electron chi connectivity index (χ0n) is 16.9. The molecule has 0 bridgehead atoms. The number of rotatable bonds is 8. The van der Waals surface area contributed by atoms with Crippen molar-refractivity contribution in [3.05, 3.63) is 35.9 Å². The highest BCUT2D eigenvalue weighted by Gasteiger charge is 2.29. The number of urea groups is 1. The van der Waals surface area contributed by atoms with Gasteiger partial charge in [-0.3, -0.25) is 4.79 Å². The molecule has 1 unspecified atom stereocenters. The molecular formula is C20H30N4O5. The molecule has 0 aliphatic carbocycles. The first-order valence-corrected chi connectivity index (χ1v) is 9.83. The summed E-state index contributed by atoms with van der Waals surface area (Å²) in [6.07, 6.45) is 0.257. The molecule has 1 aromatic carbocycles. The maximum absolute atomic E-state index is 12.6. The Morgan fingerprint density at radius 3 is 2.62 bits per heavy atom. The van der Waals surface area contributed by atoms with E-state index in [-0.39, 0.29) is 37.5 Å². The molecule has 4 amide bonds.